The second-order valence-corrected chi connectivity index (χ2v) is 8.66. The molecule has 0 saturated carbocycles. The fourth-order valence-corrected chi connectivity index (χ4v) is 4.31. The Morgan fingerprint density at radius 3 is 2.87 bits per heavy atom. The van der Waals surface area contributed by atoms with Crippen LogP contribution >= 0.6 is 22.9 Å². The van der Waals surface area contributed by atoms with E-state index < -0.39 is 0 Å². The van der Waals surface area contributed by atoms with E-state index in [1.54, 1.807) is 12.3 Å². The Bertz CT molecular complexity index is 1040. The number of carbonyl (C=O) groups is 1. The van der Waals surface area contributed by atoms with E-state index in [0.717, 1.165) is 31.0 Å². The molecule has 0 radical (unpaired) electrons. The van der Waals surface area contributed by atoms with Gasteiger partial charge in [-0.3, -0.25) is 4.79 Å². The van der Waals surface area contributed by atoms with Gasteiger partial charge in [-0.2, -0.15) is 0 Å². The van der Waals surface area contributed by atoms with Crippen molar-refractivity contribution in [3.05, 3.63) is 58.1 Å². The van der Waals surface area contributed by atoms with Crippen LogP contribution in [0.3, 0.4) is 0 Å². The zero-order valence-electron chi connectivity index (χ0n) is 16.8. The Kier molecular flexibility index (Phi) is 7.48. The lowest BCUT2D eigenvalue weighted by Crippen LogP contribution is -2.49. The van der Waals surface area contributed by atoms with E-state index in [1.165, 1.54) is 11.3 Å². The van der Waals surface area contributed by atoms with Crippen molar-refractivity contribution in [1.29, 1.82) is 0 Å². The number of hydrogen-bond acceptors (Lipinski definition) is 7. The van der Waals surface area contributed by atoms with Gasteiger partial charge in [0.15, 0.2) is 5.13 Å². The molecule has 164 valence electrons. The number of thiazole rings is 1. The highest BCUT2D eigenvalue weighted by Crippen LogP contribution is 2.28. The van der Waals surface area contributed by atoms with Gasteiger partial charge in [0.25, 0.3) is 5.91 Å². The molecule has 0 aliphatic carbocycles. The summed E-state index contributed by atoms with van der Waals surface area (Å²) in [5.41, 5.74) is 1.52. The third kappa shape index (κ3) is 5.52. The fourth-order valence-electron chi connectivity index (χ4n) is 3.32. The molecule has 2 aromatic heterocycles. The minimum atomic E-state index is -0.242. The van der Waals surface area contributed by atoms with E-state index in [0.29, 0.717) is 32.6 Å². The number of aromatic nitrogens is 2. The Hall–Kier alpha value is -2.68. The van der Waals surface area contributed by atoms with Crippen LogP contribution in [0.4, 0.5) is 22.5 Å². The van der Waals surface area contributed by atoms with Crippen molar-refractivity contribution in [2.45, 2.75) is 27.3 Å². The molecule has 3 N–H and O–H groups in total. The predicted molar refractivity (Wildman–Crippen MR) is 130 cm³/mol. The van der Waals surface area contributed by atoms with Gasteiger partial charge in [0, 0.05) is 25.7 Å². The lowest BCUT2D eigenvalue weighted by Gasteiger charge is -2.32. The Morgan fingerprint density at radius 1 is 1.29 bits per heavy atom. The van der Waals surface area contributed by atoms with Crippen LogP contribution in [0.2, 0.25) is 5.02 Å². The summed E-state index contributed by atoms with van der Waals surface area (Å²) >= 11 is 7.47. The molecule has 1 aromatic carbocycles. The number of para-hydroxylation sites is 1. The summed E-state index contributed by atoms with van der Waals surface area (Å²) < 4.78 is 0. The first-order valence-corrected chi connectivity index (χ1v) is 10.9. The Morgan fingerprint density at radius 2 is 2.10 bits per heavy atom. The van der Waals surface area contributed by atoms with Crippen molar-refractivity contribution < 1.29 is 4.79 Å². The topological polar surface area (TPSA) is 82.2 Å². The van der Waals surface area contributed by atoms with Crippen molar-refractivity contribution >= 4 is 51.3 Å². The zero-order chi connectivity index (χ0) is 21.1. The van der Waals surface area contributed by atoms with Gasteiger partial charge in [-0.15, -0.1) is 0 Å². The molecule has 3 aromatic rings. The average Bonchev–Trinajstić information content (AvgIpc) is 3.19. The van der Waals surface area contributed by atoms with E-state index in [9.17, 15) is 4.79 Å². The Labute approximate surface area is 191 Å². The third-order valence-corrected chi connectivity index (χ3v) is 6.08. The first-order chi connectivity index (χ1) is 14.5. The molecule has 1 fully saturated rings. The lowest BCUT2D eigenvalue weighted by atomic mass is 10.2. The molecule has 1 amide bonds. The maximum absolute atomic E-state index is 12.6. The number of anilines is 4. The summed E-state index contributed by atoms with van der Waals surface area (Å²) in [6, 6.07) is 11.8. The lowest BCUT2D eigenvalue weighted by molar-refractivity contribution is 0.103. The maximum Gasteiger partial charge on any atom is 0.267 e. The third-order valence-electron chi connectivity index (χ3n) is 4.85. The van der Waals surface area contributed by atoms with E-state index in [2.05, 4.69) is 32.8 Å². The number of amides is 1. The van der Waals surface area contributed by atoms with Crippen molar-refractivity contribution in [1.82, 2.24) is 15.3 Å². The van der Waals surface area contributed by atoms with Gasteiger partial charge in [-0.25, -0.2) is 9.97 Å². The highest BCUT2D eigenvalue weighted by molar-refractivity contribution is 7.17. The minimum Gasteiger partial charge on any atom is -0.354 e. The van der Waals surface area contributed by atoms with Gasteiger partial charge in [-0.1, -0.05) is 48.6 Å². The molecule has 31 heavy (non-hydrogen) atoms. The van der Waals surface area contributed by atoms with Gasteiger partial charge in [0.05, 0.1) is 16.9 Å². The van der Waals surface area contributed by atoms with Gasteiger partial charge >= 0.3 is 0 Å². The molecule has 1 aliphatic rings. The average molecular weight is 459 g/mol. The number of rotatable bonds is 5. The standard InChI is InChI=1S/C21H23ClN6OS.CH4/c1-13-5-3-6-15(22)19(13)27-20(29)16-11-24-21(30-16)26-17-7-4-8-18(25-17)28-10-9-23-14(2)12-28;/h3-8,11,14,23H,9-10,12H2,1-2H3,(H,27,29)(H,24,25,26);1H4/t14-;/m0./s1. The van der Waals surface area contributed by atoms with Crippen LogP contribution in [0.5, 0.6) is 0 Å². The van der Waals surface area contributed by atoms with Crippen LogP contribution in [0, 0.1) is 6.92 Å². The number of halogens is 1. The number of hydrogen-bond donors (Lipinski definition) is 3. The van der Waals surface area contributed by atoms with Gasteiger partial charge in [0.1, 0.15) is 16.5 Å². The monoisotopic (exact) mass is 458 g/mol. The molecule has 4 rings (SSSR count). The summed E-state index contributed by atoms with van der Waals surface area (Å²) in [5.74, 6) is 1.38. The summed E-state index contributed by atoms with van der Waals surface area (Å²) in [6.45, 7) is 6.85. The first kappa shape index (κ1) is 23.0. The predicted octanol–water partition coefficient (Wildman–Crippen LogP) is 4.93. The van der Waals surface area contributed by atoms with Crippen LogP contribution in [0.15, 0.2) is 42.6 Å². The number of benzene rings is 1. The van der Waals surface area contributed by atoms with Crippen LogP contribution in [0.1, 0.15) is 29.6 Å². The molecule has 1 saturated heterocycles. The van der Waals surface area contributed by atoms with E-state index in [1.807, 2.05) is 37.3 Å². The van der Waals surface area contributed by atoms with Crippen LogP contribution in [0.25, 0.3) is 0 Å². The van der Waals surface area contributed by atoms with Crippen molar-refractivity contribution in [2.24, 2.45) is 0 Å². The number of aryl methyl sites for hydroxylation is 1. The van der Waals surface area contributed by atoms with E-state index in [4.69, 9.17) is 16.6 Å². The van der Waals surface area contributed by atoms with Crippen molar-refractivity contribution in [3.63, 3.8) is 0 Å². The Balaban J connectivity index is 0.00000272. The molecule has 9 heteroatoms. The molecule has 0 spiro atoms. The quantitative estimate of drug-likeness (QED) is 0.503. The second-order valence-electron chi connectivity index (χ2n) is 7.22. The van der Waals surface area contributed by atoms with Gasteiger partial charge in [0.2, 0.25) is 0 Å². The van der Waals surface area contributed by atoms with Gasteiger partial charge in [-0.05, 0) is 37.6 Å². The van der Waals surface area contributed by atoms with Gasteiger partial charge < -0.3 is 20.9 Å². The zero-order valence-corrected chi connectivity index (χ0v) is 18.3. The van der Waals surface area contributed by atoms with E-state index >= 15 is 0 Å². The molecular weight excluding hydrogens is 432 g/mol. The number of carbonyl (C=O) groups excluding carboxylic acids is 1. The highest BCUT2D eigenvalue weighted by Gasteiger charge is 2.18. The molecule has 3 heterocycles. The van der Waals surface area contributed by atoms with Crippen LogP contribution in [-0.4, -0.2) is 41.6 Å². The summed E-state index contributed by atoms with van der Waals surface area (Å²) in [4.78, 5) is 24.4. The SMILES string of the molecule is C.Cc1cccc(Cl)c1NC(=O)c1cnc(Nc2cccc(N3CCN[C@@H](C)C3)n2)s1. The van der Waals surface area contributed by atoms with Crippen molar-refractivity contribution in [2.75, 3.05) is 35.2 Å². The number of piperazine rings is 1. The largest absolute Gasteiger partial charge is 0.354 e. The van der Waals surface area contributed by atoms with Crippen molar-refractivity contribution in [3.8, 4) is 0 Å². The first-order valence-electron chi connectivity index (χ1n) is 9.74. The maximum atomic E-state index is 12.6. The van der Waals surface area contributed by atoms with Crippen LogP contribution < -0.4 is 20.9 Å². The van der Waals surface area contributed by atoms with Crippen LogP contribution in [-0.2, 0) is 0 Å². The normalized spacial score (nSPS) is 15.8. The molecule has 0 bridgehead atoms. The fraction of sp³-hybridized carbons (Fsp3) is 0.318. The highest BCUT2D eigenvalue weighted by atomic mass is 35.5. The molecule has 7 nitrogen and oxygen atoms in total. The smallest absolute Gasteiger partial charge is 0.267 e. The summed E-state index contributed by atoms with van der Waals surface area (Å²) in [6.07, 6.45) is 1.55. The second kappa shape index (κ2) is 10.1. The summed E-state index contributed by atoms with van der Waals surface area (Å²) in [7, 11) is 0. The minimum absolute atomic E-state index is 0. The molecule has 0 unspecified atom stereocenters. The summed E-state index contributed by atoms with van der Waals surface area (Å²) in [5, 5.41) is 10.6. The molecule has 1 aliphatic heterocycles. The number of nitrogens with zero attached hydrogens (tertiary/aromatic N) is 3. The number of nitrogens with one attached hydrogen (secondary N) is 3. The molecule has 1 atom stereocenters. The van der Waals surface area contributed by atoms with E-state index in [-0.39, 0.29) is 13.3 Å². The molecular formula is C22H27ClN6OS. The number of pyridine rings is 1.